The Morgan fingerprint density at radius 2 is 1.92 bits per heavy atom. The maximum atomic E-state index is 12.7. The van der Waals surface area contributed by atoms with Gasteiger partial charge in [-0.15, -0.1) is 0 Å². The molecule has 0 unspecified atom stereocenters. The van der Waals surface area contributed by atoms with E-state index in [1.54, 1.807) is 0 Å². The highest BCUT2D eigenvalue weighted by Gasteiger charge is 2.45. The van der Waals surface area contributed by atoms with Crippen molar-refractivity contribution in [2.45, 2.75) is 50.2 Å². The first-order valence-corrected chi connectivity index (χ1v) is 9.66. The summed E-state index contributed by atoms with van der Waals surface area (Å²) in [4.78, 5) is 17.2. The van der Waals surface area contributed by atoms with E-state index < -0.39 is 0 Å². The van der Waals surface area contributed by atoms with Crippen LogP contribution in [0, 0.1) is 5.92 Å². The first kappa shape index (κ1) is 16.6. The maximum Gasteiger partial charge on any atom is 0.226 e. The summed E-state index contributed by atoms with van der Waals surface area (Å²) >= 11 is 0. The number of allylic oxidation sites excluding steroid dienone is 2. The first-order valence-electron chi connectivity index (χ1n) is 9.66. The number of carbonyl (C=O) groups excluding carboxylic acids is 1. The van der Waals surface area contributed by atoms with Gasteiger partial charge in [-0.3, -0.25) is 9.69 Å². The lowest BCUT2D eigenvalue weighted by Gasteiger charge is -2.41. The third-order valence-electron chi connectivity index (χ3n) is 6.13. The number of carbonyl (C=O) groups is 1. The summed E-state index contributed by atoms with van der Waals surface area (Å²) in [5.74, 6) is 0.531. The second-order valence-electron chi connectivity index (χ2n) is 7.88. The monoisotopic (exact) mass is 334 g/mol. The highest BCUT2D eigenvalue weighted by molar-refractivity contribution is 5.80. The molecule has 0 N–H and O–H groups in total. The molecule has 2 atom stereocenters. The van der Waals surface area contributed by atoms with E-state index in [1.165, 1.54) is 6.42 Å². The number of hydrogen-bond donors (Lipinski definition) is 0. The van der Waals surface area contributed by atoms with E-state index in [1.807, 2.05) is 0 Å². The van der Waals surface area contributed by atoms with E-state index in [0.29, 0.717) is 12.0 Å². The Bertz CT molecular complexity index is 481. The van der Waals surface area contributed by atoms with Crippen molar-refractivity contribution in [3.8, 4) is 0 Å². The Balaban J connectivity index is 1.32. The van der Waals surface area contributed by atoms with Gasteiger partial charge in [-0.25, -0.2) is 0 Å². The molecule has 0 radical (unpaired) electrons. The summed E-state index contributed by atoms with van der Waals surface area (Å²) in [5, 5.41) is 0. The molecule has 1 aliphatic carbocycles. The zero-order chi connectivity index (χ0) is 16.4. The predicted octanol–water partition coefficient (Wildman–Crippen LogP) is 1.82. The molecular weight excluding hydrogens is 304 g/mol. The molecule has 0 bridgehead atoms. The molecule has 24 heavy (non-hydrogen) atoms. The van der Waals surface area contributed by atoms with Crippen molar-refractivity contribution in [3.63, 3.8) is 0 Å². The molecule has 3 saturated heterocycles. The Labute approximate surface area is 145 Å². The van der Waals surface area contributed by atoms with Crippen molar-refractivity contribution in [1.29, 1.82) is 0 Å². The minimum absolute atomic E-state index is 0.0725. The van der Waals surface area contributed by atoms with Crippen LogP contribution in [0.15, 0.2) is 12.2 Å². The molecule has 0 aromatic rings. The second kappa shape index (κ2) is 7.14. The molecule has 0 saturated carbocycles. The van der Waals surface area contributed by atoms with E-state index >= 15 is 0 Å². The van der Waals surface area contributed by atoms with Crippen molar-refractivity contribution < 1.29 is 14.3 Å². The zero-order valence-corrected chi connectivity index (χ0v) is 14.6. The largest absolute Gasteiger partial charge is 0.379 e. The first-order chi connectivity index (χ1) is 11.7. The lowest BCUT2D eigenvalue weighted by Crippen LogP contribution is -2.49. The zero-order valence-electron chi connectivity index (χ0n) is 14.6. The van der Waals surface area contributed by atoms with Gasteiger partial charge in [0.25, 0.3) is 0 Å². The van der Waals surface area contributed by atoms with Gasteiger partial charge in [0, 0.05) is 38.6 Å². The van der Waals surface area contributed by atoms with Gasteiger partial charge in [0.2, 0.25) is 5.91 Å². The van der Waals surface area contributed by atoms with Gasteiger partial charge >= 0.3 is 0 Å². The highest BCUT2D eigenvalue weighted by atomic mass is 16.5. The molecule has 0 aromatic carbocycles. The molecule has 134 valence electrons. The van der Waals surface area contributed by atoms with Crippen molar-refractivity contribution in [1.82, 2.24) is 9.80 Å². The fourth-order valence-electron chi connectivity index (χ4n) is 4.73. The molecule has 3 fully saturated rings. The van der Waals surface area contributed by atoms with Gasteiger partial charge < -0.3 is 14.4 Å². The van der Waals surface area contributed by atoms with E-state index in [4.69, 9.17) is 9.47 Å². The van der Waals surface area contributed by atoms with E-state index in [2.05, 4.69) is 22.0 Å². The van der Waals surface area contributed by atoms with Crippen LogP contribution in [0.2, 0.25) is 0 Å². The summed E-state index contributed by atoms with van der Waals surface area (Å²) in [6.45, 7) is 6.43. The van der Waals surface area contributed by atoms with E-state index in [0.717, 1.165) is 78.0 Å². The quantitative estimate of drug-likeness (QED) is 0.739. The summed E-state index contributed by atoms with van der Waals surface area (Å²) in [5.41, 5.74) is -0.0725. The smallest absolute Gasteiger partial charge is 0.226 e. The minimum atomic E-state index is -0.0725. The molecule has 4 rings (SSSR count). The minimum Gasteiger partial charge on any atom is -0.379 e. The predicted molar refractivity (Wildman–Crippen MR) is 91.8 cm³/mol. The SMILES string of the molecule is O=C(C1CC=CC1)N1CC[C@]2(CCC[C@@H](CN3CCOCC3)O2)C1. The van der Waals surface area contributed by atoms with Crippen molar-refractivity contribution in [2.24, 2.45) is 5.92 Å². The van der Waals surface area contributed by atoms with Gasteiger partial charge in [-0.05, 0) is 38.5 Å². The Hall–Kier alpha value is -0.910. The molecule has 1 spiro atoms. The topological polar surface area (TPSA) is 42.0 Å². The Kier molecular flexibility index (Phi) is 4.93. The lowest BCUT2D eigenvalue weighted by atomic mass is 9.90. The van der Waals surface area contributed by atoms with Crippen LogP contribution in [0.1, 0.15) is 38.5 Å². The van der Waals surface area contributed by atoms with Crippen LogP contribution in [0.3, 0.4) is 0 Å². The average molecular weight is 334 g/mol. The molecule has 0 aromatic heterocycles. The second-order valence-corrected chi connectivity index (χ2v) is 7.88. The normalized spacial score (nSPS) is 35.2. The standard InChI is InChI=1S/C19H30N2O3/c22-18(16-4-1-2-5-16)21-9-8-19(15-21)7-3-6-17(24-19)14-20-10-12-23-13-11-20/h1-2,16-17H,3-15H2/t17-,19+/m0/s1. The Morgan fingerprint density at radius 1 is 1.12 bits per heavy atom. The van der Waals surface area contributed by atoms with Crippen molar-refractivity contribution in [2.75, 3.05) is 45.9 Å². The van der Waals surface area contributed by atoms with Crippen LogP contribution < -0.4 is 0 Å². The summed E-state index contributed by atoms with van der Waals surface area (Å²) < 4.78 is 12.0. The van der Waals surface area contributed by atoms with Crippen molar-refractivity contribution >= 4 is 5.91 Å². The summed E-state index contributed by atoms with van der Waals surface area (Å²) in [7, 11) is 0. The summed E-state index contributed by atoms with van der Waals surface area (Å²) in [6.07, 6.45) is 10.9. The van der Waals surface area contributed by atoms with Crippen LogP contribution in [0.5, 0.6) is 0 Å². The summed E-state index contributed by atoms with van der Waals surface area (Å²) in [6, 6.07) is 0. The molecule has 5 heteroatoms. The van der Waals surface area contributed by atoms with Crippen molar-refractivity contribution in [3.05, 3.63) is 12.2 Å². The van der Waals surface area contributed by atoms with Gasteiger partial charge in [0.1, 0.15) is 0 Å². The van der Waals surface area contributed by atoms with Crippen LogP contribution in [0.25, 0.3) is 0 Å². The molecule has 3 heterocycles. The fourth-order valence-corrected chi connectivity index (χ4v) is 4.73. The number of rotatable bonds is 3. The number of amides is 1. The molecular formula is C19H30N2O3. The number of ether oxygens (including phenoxy) is 2. The molecule has 4 aliphatic rings. The number of morpholine rings is 1. The van der Waals surface area contributed by atoms with E-state index in [-0.39, 0.29) is 11.5 Å². The molecule has 5 nitrogen and oxygen atoms in total. The average Bonchev–Trinajstić information content (AvgIpc) is 3.26. The fraction of sp³-hybridized carbons (Fsp3) is 0.842. The number of likely N-dealkylation sites (tertiary alicyclic amines) is 1. The third kappa shape index (κ3) is 3.53. The van der Waals surface area contributed by atoms with Gasteiger partial charge in [-0.2, -0.15) is 0 Å². The number of hydrogen-bond acceptors (Lipinski definition) is 4. The highest BCUT2D eigenvalue weighted by Crippen LogP contribution is 2.38. The van der Waals surface area contributed by atoms with Gasteiger partial charge in [0.15, 0.2) is 0 Å². The molecule has 1 amide bonds. The maximum absolute atomic E-state index is 12.7. The van der Waals surface area contributed by atoms with Crippen LogP contribution in [0.4, 0.5) is 0 Å². The molecule has 3 aliphatic heterocycles. The number of nitrogens with zero attached hydrogens (tertiary/aromatic N) is 2. The van der Waals surface area contributed by atoms with Gasteiger partial charge in [-0.1, -0.05) is 12.2 Å². The van der Waals surface area contributed by atoms with Gasteiger partial charge in [0.05, 0.1) is 24.9 Å². The third-order valence-corrected chi connectivity index (χ3v) is 6.13. The van der Waals surface area contributed by atoms with Crippen LogP contribution in [-0.4, -0.2) is 73.3 Å². The van der Waals surface area contributed by atoms with Crippen LogP contribution >= 0.6 is 0 Å². The lowest BCUT2D eigenvalue weighted by molar-refractivity contribution is -0.144. The Morgan fingerprint density at radius 3 is 2.71 bits per heavy atom. The van der Waals surface area contributed by atoms with Crippen LogP contribution in [-0.2, 0) is 14.3 Å². The van der Waals surface area contributed by atoms with E-state index in [9.17, 15) is 4.79 Å².